The molecule has 4 N–H and O–H groups in total. The molecule has 2 aromatic heterocycles. The summed E-state index contributed by atoms with van der Waals surface area (Å²) in [6.07, 6.45) is 5.23. The van der Waals surface area contributed by atoms with Crippen molar-refractivity contribution in [1.82, 2.24) is 30.5 Å². The molecule has 0 bridgehead atoms. The van der Waals surface area contributed by atoms with Crippen molar-refractivity contribution in [3.8, 4) is 28.5 Å². The van der Waals surface area contributed by atoms with E-state index in [1.54, 1.807) is 30.6 Å². The van der Waals surface area contributed by atoms with Crippen molar-refractivity contribution in [2.75, 3.05) is 14.1 Å². The highest BCUT2D eigenvalue weighted by atomic mass is 19.1. The van der Waals surface area contributed by atoms with Crippen LogP contribution >= 0.6 is 0 Å². The number of amides is 2. The molecule has 1 saturated carbocycles. The first-order chi connectivity index (χ1) is 22.2. The molecule has 6 rings (SSSR count). The number of nitrogens with one attached hydrogen (secondary N) is 3. The number of carbonyl (C=O) groups excluding carboxylic acids is 2. The number of imidazole rings is 1. The molecule has 46 heavy (non-hydrogen) atoms. The van der Waals surface area contributed by atoms with Crippen LogP contribution in [-0.4, -0.2) is 63.0 Å². The zero-order chi connectivity index (χ0) is 32.2. The smallest absolute Gasteiger partial charge is 0.257 e. The number of nitrogens with zero attached hydrogens (tertiary/aromatic N) is 3. The Bertz CT molecular complexity index is 1880. The molecule has 3 aromatic carbocycles. The lowest BCUT2D eigenvalue weighted by Crippen LogP contribution is -2.44. The monoisotopic (exact) mass is 622 g/mol. The van der Waals surface area contributed by atoms with Gasteiger partial charge in [0.25, 0.3) is 11.8 Å². The number of rotatable bonds is 9. The number of carbonyl (C=O) groups is 2. The molecule has 1 aliphatic carbocycles. The fourth-order valence-electron chi connectivity index (χ4n) is 5.90. The van der Waals surface area contributed by atoms with Gasteiger partial charge in [-0.05, 0) is 98.9 Å². The van der Waals surface area contributed by atoms with Gasteiger partial charge in [0.15, 0.2) is 0 Å². The van der Waals surface area contributed by atoms with E-state index in [1.165, 1.54) is 0 Å². The molecule has 236 valence electrons. The van der Waals surface area contributed by atoms with E-state index < -0.39 is 11.7 Å². The average molecular weight is 623 g/mol. The number of aromatic nitrogens is 3. The van der Waals surface area contributed by atoms with E-state index in [4.69, 9.17) is 4.74 Å². The van der Waals surface area contributed by atoms with Gasteiger partial charge in [-0.15, -0.1) is 0 Å². The Morgan fingerprint density at radius 2 is 1.65 bits per heavy atom. The van der Waals surface area contributed by atoms with Crippen LogP contribution in [0.3, 0.4) is 0 Å². The Hall–Kier alpha value is -5.29. The largest absolute Gasteiger partial charge is 0.508 e. The second-order valence-electron chi connectivity index (χ2n) is 11.8. The number of phenolic OH excluding ortho intramolecular Hbond substituents is 1. The zero-order valence-corrected chi connectivity index (χ0v) is 25.6. The molecule has 0 atom stereocenters. The Morgan fingerprint density at radius 3 is 2.39 bits per heavy atom. The number of fused-ring (bicyclic) bond motifs is 1. The molecule has 0 spiro atoms. The Morgan fingerprint density at radius 1 is 0.935 bits per heavy atom. The van der Waals surface area contributed by atoms with Crippen LogP contribution in [0.25, 0.3) is 22.2 Å². The van der Waals surface area contributed by atoms with Crippen molar-refractivity contribution in [3.05, 3.63) is 102 Å². The molecular weight excluding hydrogens is 587 g/mol. The zero-order valence-electron chi connectivity index (χ0n) is 25.6. The summed E-state index contributed by atoms with van der Waals surface area (Å²) in [6.45, 7) is 0.620. The summed E-state index contributed by atoms with van der Waals surface area (Å²) < 4.78 is 20.4. The van der Waals surface area contributed by atoms with Crippen LogP contribution in [-0.2, 0) is 6.54 Å². The molecule has 0 radical (unpaired) electrons. The first kappa shape index (κ1) is 30.7. The number of pyridine rings is 1. The molecular formula is C35H35FN6O4. The standard InChI is InChI=1S/C35H35FN6O4/c1-42(2)19-22-15-26(43)13-14-28(22)21-5-3-6-27(16-21)46-35-30(17-23(36)18-37-35)34(45)41-25-11-9-24(10-12-25)40-33(44)29-7-4-8-31-32(29)39-20-38-31/h3-8,13-18,20,24-25,43H,9-12,19H2,1-2H3,(H,38,39)(H,40,44)(H,41,45)/t24-,25-. The van der Waals surface area contributed by atoms with Crippen LogP contribution in [0.4, 0.5) is 4.39 Å². The summed E-state index contributed by atoms with van der Waals surface area (Å²) in [4.78, 5) is 39.7. The highest BCUT2D eigenvalue weighted by Crippen LogP contribution is 2.32. The van der Waals surface area contributed by atoms with Gasteiger partial charge in [-0.2, -0.15) is 0 Å². The van der Waals surface area contributed by atoms with Gasteiger partial charge in [0.05, 0.1) is 23.6 Å². The minimum absolute atomic E-state index is 0.00847. The Labute approximate surface area is 265 Å². The molecule has 0 unspecified atom stereocenters. The van der Waals surface area contributed by atoms with Crippen LogP contribution in [0.2, 0.25) is 0 Å². The molecule has 11 heteroatoms. The van der Waals surface area contributed by atoms with Crippen molar-refractivity contribution >= 4 is 22.8 Å². The number of phenols is 1. The van der Waals surface area contributed by atoms with Gasteiger partial charge >= 0.3 is 0 Å². The third-order valence-corrected chi connectivity index (χ3v) is 8.09. The minimum Gasteiger partial charge on any atom is -0.508 e. The van der Waals surface area contributed by atoms with E-state index in [-0.39, 0.29) is 35.2 Å². The molecule has 5 aromatic rings. The van der Waals surface area contributed by atoms with E-state index in [1.807, 2.05) is 55.4 Å². The molecule has 1 fully saturated rings. The predicted molar refractivity (Wildman–Crippen MR) is 172 cm³/mol. The number of hydrogen-bond acceptors (Lipinski definition) is 7. The van der Waals surface area contributed by atoms with Crippen LogP contribution < -0.4 is 15.4 Å². The Balaban J connectivity index is 1.11. The molecule has 10 nitrogen and oxygen atoms in total. The van der Waals surface area contributed by atoms with Crippen LogP contribution in [0.15, 0.2) is 79.3 Å². The van der Waals surface area contributed by atoms with Gasteiger partial charge < -0.3 is 30.4 Å². The lowest BCUT2D eigenvalue weighted by Gasteiger charge is -2.29. The van der Waals surface area contributed by atoms with Crippen LogP contribution in [0.5, 0.6) is 17.4 Å². The number of H-pyrrole nitrogens is 1. The quantitative estimate of drug-likeness (QED) is 0.164. The highest BCUT2D eigenvalue weighted by molar-refractivity contribution is 6.04. The van der Waals surface area contributed by atoms with E-state index in [2.05, 4.69) is 25.6 Å². The number of benzene rings is 3. The summed E-state index contributed by atoms with van der Waals surface area (Å²) in [5.41, 5.74) is 4.65. The molecule has 0 saturated heterocycles. The fraction of sp³-hybridized carbons (Fsp3) is 0.257. The highest BCUT2D eigenvalue weighted by Gasteiger charge is 2.26. The second kappa shape index (κ2) is 13.4. The molecule has 2 amide bonds. The van der Waals surface area contributed by atoms with E-state index >= 15 is 0 Å². The molecule has 0 aliphatic heterocycles. The van der Waals surface area contributed by atoms with Gasteiger partial charge in [0, 0.05) is 18.6 Å². The topological polar surface area (TPSA) is 132 Å². The van der Waals surface area contributed by atoms with Gasteiger partial charge in [-0.1, -0.05) is 24.3 Å². The maximum atomic E-state index is 14.3. The maximum absolute atomic E-state index is 14.3. The van der Waals surface area contributed by atoms with E-state index in [0.29, 0.717) is 49.1 Å². The minimum atomic E-state index is -0.651. The van der Waals surface area contributed by atoms with E-state index in [0.717, 1.165) is 34.5 Å². The van der Waals surface area contributed by atoms with Gasteiger partial charge in [0.2, 0.25) is 5.88 Å². The van der Waals surface area contributed by atoms with Crippen LogP contribution in [0, 0.1) is 5.82 Å². The first-order valence-corrected chi connectivity index (χ1v) is 15.2. The third kappa shape index (κ3) is 7.00. The lowest BCUT2D eigenvalue weighted by molar-refractivity contribution is 0.0890. The summed E-state index contributed by atoms with van der Waals surface area (Å²) >= 11 is 0. The van der Waals surface area contributed by atoms with Crippen molar-refractivity contribution < 1.29 is 23.8 Å². The summed E-state index contributed by atoms with van der Waals surface area (Å²) in [5.74, 6) is -0.716. The summed E-state index contributed by atoms with van der Waals surface area (Å²) in [6, 6.07) is 18.9. The first-order valence-electron chi connectivity index (χ1n) is 15.2. The van der Waals surface area contributed by atoms with Gasteiger partial charge in [-0.3, -0.25) is 9.59 Å². The van der Waals surface area contributed by atoms with Crippen molar-refractivity contribution in [2.45, 2.75) is 44.3 Å². The SMILES string of the molecule is CN(C)Cc1cc(O)ccc1-c1cccc(Oc2ncc(F)cc2C(=O)N[C@H]2CC[C@H](NC(=O)c3cccc4[nH]cnc34)CC2)c1. The predicted octanol–water partition coefficient (Wildman–Crippen LogP) is 5.79. The molecule has 2 heterocycles. The van der Waals surface area contributed by atoms with Crippen molar-refractivity contribution in [2.24, 2.45) is 0 Å². The lowest BCUT2D eigenvalue weighted by atomic mass is 9.90. The van der Waals surface area contributed by atoms with E-state index in [9.17, 15) is 19.1 Å². The number of hydrogen-bond donors (Lipinski definition) is 4. The van der Waals surface area contributed by atoms with Crippen LogP contribution in [0.1, 0.15) is 52.0 Å². The van der Waals surface area contributed by atoms with Crippen molar-refractivity contribution in [1.29, 1.82) is 0 Å². The average Bonchev–Trinajstić information content (AvgIpc) is 3.52. The normalized spacial score (nSPS) is 16.3. The maximum Gasteiger partial charge on any atom is 0.257 e. The summed E-state index contributed by atoms with van der Waals surface area (Å²) in [5, 5.41) is 16.1. The van der Waals surface area contributed by atoms with Crippen molar-refractivity contribution in [3.63, 3.8) is 0 Å². The number of aromatic amines is 1. The number of halogens is 1. The number of aromatic hydroxyl groups is 1. The third-order valence-electron chi connectivity index (χ3n) is 8.09. The van der Waals surface area contributed by atoms with Gasteiger partial charge in [0.1, 0.15) is 28.4 Å². The molecule has 1 aliphatic rings. The van der Waals surface area contributed by atoms with Gasteiger partial charge in [-0.25, -0.2) is 14.4 Å². The fourth-order valence-corrected chi connectivity index (χ4v) is 5.90. The number of ether oxygens (including phenoxy) is 1. The second-order valence-corrected chi connectivity index (χ2v) is 11.8. The number of para-hydroxylation sites is 1. The summed E-state index contributed by atoms with van der Waals surface area (Å²) in [7, 11) is 3.90. The Kier molecular flexibility index (Phi) is 8.93.